The number of halogens is 3. The minimum atomic E-state index is -4.64. The van der Waals surface area contributed by atoms with Crippen molar-refractivity contribution in [2.24, 2.45) is 0 Å². The zero-order chi connectivity index (χ0) is 21.3. The molecule has 0 radical (unpaired) electrons. The van der Waals surface area contributed by atoms with Crippen LogP contribution in [-0.2, 0) is 17.5 Å². The molecular weight excluding hydrogens is 397 g/mol. The molecule has 2 aromatic carbocycles. The molecule has 158 valence electrons. The van der Waals surface area contributed by atoms with Gasteiger partial charge in [-0.05, 0) is 24.3 Å². The number of anilines is 1. The van der Waals surface area contributed by atoms with Gasteiger partial charge < -0.3 is 19.1 Å². The average molecular weight is 418 g/mol. The third-order valence-electron chi connectivity index (χ3n) is 5.26. The molecule has 1 amide bonds. The van der Waals surface area contributed by atoms with Crippen LogP contribution in [0.1, 0.15) is 5.82 Å². The first-order chi connectivity index (χ1) is 14.4. The van der Waals surface area contributed by atoms with E-state index in [9.17, 15) is 18.0 Å². The number of hydrogen-bond acceptors (Lipinski definition) is 4. The standard InChI is InChI=1S/C21H21F3N4O2/c1-30-18-9-5-4-8-17(18)26-10-12-27(13-11-26)19(29)14-28-16-7-3-2-6-15(16)25-20(28)21(22,23)24/h2-9H,10-14H2,1H3. The number of amides is 1. The Morgan fingerprint density at radius 2 is 1.70 bits per heavy atom. The molecule has 6 nitrogen and oxygen atoms in total. The number of ether oxygens (including phenoxy) is 1. The Balaban J connectivity index is 1.50. The second-order valence-electron chi connectivity index (χ2n) is 7.05. The van der Waals surface area contributed by atoms with Crippen molar-refractivity contribution >= 4 is 22.6 Å². The molecule has 0 unspecified atom stereocenters. The first kappa shape index (κ1) is 20.1. The number of hydrogen-bond donors (Lipinski definition) is 0. The molecular formula is C21H21F3N4O2. The van der Waals surface area contributed by atoms with Crippen molar-refractivity contribution in [2.75, 3.05) is 38.2 Å². The van der Waals surface area contributed by atoms with Crippen LogP contribution in [-0.4, -0.2) is 53.6 Å². The zero-order valence-electron chi connectivity index (χ0n) is 16.4. The SMILES string of the molecule is COc1ccccc1N1CCN(C(=O)Cn2c(C(F)(F)F)nc3ccccc32)CC1. The van der Waals surface area contributed by atoms with Gasteiger partial charge in [0.2, 0.25) is 11.7 Å². The van der Waals surface area contributed by atoms with Gasteiger partial charge in [-0.2, -0.15) is 13.2 Å². The number of rotatable bonds is 4. The molecule has 1 aliphatic heterocycles. The Bertz CT molecular complexity index is 1060. The molecule has 1 saturated heterocycles. The summed E-state index contributed by atoms with van der Waals surface area (Å²) in [5.41, 5.74) is 1.46. The van der Waals surface area contributed by atoms with Crippen molar-refractivity contribution in [3.8, 4) is 5.75 Å². The summed E-state index contributed by atoms with van der Waals surface area (Å²) in [6.07, 6.45) is -4.64. The van der Waals surface area contributed by atoms with E-state index in [2.05, 4.69) is 9.88 Å². The van der Waals surface area contributed by atoms with Gasteiger partial charge in [-0.1, -0.05) is 24.3 Å². The topological polar surface area (TPSA) is 50.6 Å². The molecule has 0 bridgehead atoms. The lowest BCUT2D eigenvalue weighted by molar-refractivity contribution is -0.148. The Morgan fingerprint density at radius 1 is 1.03 bits per heavy atom. The van der Waals surface area contributed by atoms with Crippen molar-refractivity contribution in [3.05, 3.63) is 54.4 Å². The lowest BCUT2D eigenvalue weighted by Gasteiger charge is -2.36. The van der Waals surface area contributed by atoms with Gasteiger partial charge in [0.25, 0.3) is 0 Å². The Hall–Kier alpha value is -3.23. The van der Waals surface area contributed by atoms with Crippen LogP contribution in [0.2, 0.25) is 0 Å². The van der Waals surface area contributed by atoms with E-state index in [0.717, 1.165) is 16.0 Å². The van der Waals surface area contributed by atoms with Gasteiger partial charge in [-0.25, -0.2) is 4.98 Å². The number of para-hydroxylation sites is 4. The lowest BCUT2D eigenvalue weighted by Crippen LogP contribution is -2.49. The highest BCUT2D eigenvalue weighted by Crippen LogP contribution is 2.32. The van der Waals surface area contributed by atoms with Crippen LogP contribution < -0.4 is 9.64 Å². The lowest BCUT2D eigenvalue weighted by atomic mass is 10.2. The van der Waals surface area contributed by atoms with Crippen LogP contribution in [0.3, 0.4) is 0 Å². The molecule has 0 saturated carbocycles. The Morgan fingerprint density at radius 3 is 2.40 bits per heavy atom. The first-order valence-electron chi connectivity index (χ1n) is 9.56. The number of imidazole rings is 1. The van der Waals surface area contributed by atoms with Gasteiger partial charge in [0.1, 0.15) is 12.3 Å². The smallest absolute Gasteiger partial charge is 0.449 e. The minimum absolute atomic E-state index is 0.221. The number of alkyl halides is 3. The van der Waals surface area contributed by atoms with Crippen LogP contribution in [0.15, 0.2) is 48.5 Å². The van der Waals surface area contributed by atoms with Crippen molar-refractivity contribution in [1.29, 1.82) is 0 Å². The number of carbonyl (C=O) groups is 1. The van der Waals surface area contributed by atoms with Crippen molar-refractivity contribution in [2.45, 2.75) is 12.7 Å². The fourth-order valence-corrected chi connectivity index (χ4v) is 3.78. The molecule has 1 aromatic heterocycles. The number of benzene rings is 2. The highest BCUT2D eigenvalue weighted by Gasteiger charge is 2.38. The van der Waals surface area contributed by atoms with E-state index < -0.39 is 18.5 Å². The molecule has 0 atom stereocenters. The molecule has 0 N–H and O–H groups in total. The molecule has 0 spiro atoms. The van der Waals surface area contributed by atoms with Crippen LogP contribution >= 0.6 is 0 Å². The van der Waals surface area contributed by atoms with Gasteiger partial charge in [0, 0.05) is 26.2 Å². The molecule has 4 rings (SSSR count). The number of carbonyl (C=O) groups excluding carboxylic acids is 1. The van der Waals surface area contributed by atoms with Crippen LogP contribution in [0.5, 0.6) is 5.75 Å². The maximum atomic E-state index is 13.5. The van der Waals surface area contributed by atoms with E-state index in [1.807, 2.05) is 24.3 Å². The fraction of sp³-hybridized carbons (Fsp3) is 0.333. The van der Waals surface area contributed by atoms with E-state index in [-0.39, 0.29) is 11.4 Å². The summed E-state index contributed by atoms with van der Waals surface area (Å²) in [5, 5.41) is 0. The third kappa shape index (κ3) is 3.79. The number of methoxy groups -OCH3 is 1. The van der Waals surface area contributed by atoms with Crippen molar-refractivity contribution in [1.82, 2.24) is 14.5 Å². The predicted molar refractivity (Wildman–Crippen MR) is 107 cm³/mol. The molecule has 0 aliphatic carbocycles. The number of aromatic nitrogens is 2. The highest BCUT2D eigenvalue weighted by molar-refractivity contribution is 5.81. The van der Waals surface area contributed by atoms with Gasteiger partial charge in [0.05, 0.1) is 23.8 Å². The monoisotopic (exact) mass is 418 g/mol. The third-order valence-corrected chi connectivity index (χ3v) is 5.26. The summed E-state index contributed by atoms with van der Waals surface area (Å²) < 4.78 is 46.7. The number of fused-ring (bicyclic) bond motifs is 1. The quantitative estimate of drug-likeness (QED) is 0.652. The van der Waals surface area contributed by atoms with Gasteiger partial charge >= 0.3 is 6.18 Å². The first-order valence-corrected chi connectivity index (χ1v) is 9.56. The zero-order valence-corrected chi connectivity index (χ0v) is 16.4. The molecule has 9 heteroatoms. The summed E-state index contributed by atoms with van der Waals surface area (Å²) in [6.45, 7) is 1.59. The molecule has 30 heavy (non-hydrogen) atoms. The predicted octanol–water partition coefficient (Wildman–Crippen LogP) is 3.41. The summed E-state index contributed by atoms with van der Waals surface area (Å²) in [4.78, 5) is 20.2. The fourth-order valence-electron chi connectivity index (χ4n) is 3.78. The van der Waals surface area contributed by atoms with E-state index in [4.69, 9.17) is 4.74 Å². The second-order valence-corrected chi connectivity index (χ2v) is 7.05. The second kappa shape index (κ2) is 7.89. The summed E-state index contributed by atoms with van der Waals surface area (Å²) in [5.74, 6) is -0.662. The maximum absolute atomic E-state index is 13.5. The molecule has 2 heterocycles. The summed E-state index contributed by atoms with van der Waals surface area (Å²) >= 11 is 0. The summed E-state index contributed by atoms with van der Waals surface area (Å²) in [6, 6.07) is 13.9. The van der Waals surface area contributed by atoms with Crippen molar-refractivity contribution < 1.29 is 22.7 Å². The number of nitrogens with zero attached hydrogens (tertiary/aromatic N) is 4. The maximum Gasteiger partial charge on any atom is 0.449 e. The minimum Gasteiger partial charge on any atom is -0.495 e. The van der Waals surface area contributed by atoms with Crippen LogP contribution in [0.4, 0.5) is 18.9 Å². The van der Waals surface area contributed by atoms with Gasteiger partial charge in [-0.3, -0.25) is 4.79 Å². The molecule has 1 aliphatic rings. The molecule has 3 aromatic rings. The van der Waals surface area contributed by atoms with E-state index in [0.29, 0.717) is 31.7 Å². The largest absolute Gasteiger partial charge is 0.495 e. The molecule has 1 fully saturated rings. The Labute approximate surface area is 171 Å². The normalized spacial score (nSPS) is 14.9. The van der Waals surface area contributed by atoms with E-state index >= 15 is 0 Å². The van der Waals surface area contributed by atoms with Gasteiger partial charge in [0.15, 0.2) is 0 Å². The van der Waals surface area contributed by atoms with Crippen LogP contribution in [0, 0.1) is 0 Å². The Kier molecular flexibility index (Phi) is 5.27. The van der Waals surface area contributed by atoms with Gasteiger partial charge in [-0.15, -0.1) is 0 Å². The summed E-state index contributed by atoms with van der Waals surface area (Å²) in [7, 11) is 1.60. The van der Waals surface area contributed by atoms with E-state index in [1.165, 1.54) is 6.07 Å². The van der Waals surface area contributed by atoms with Crippen molar-refractivity contribution in [3.63, 3.8) is 0 Å². The number of piperazine rings is 1. The van der Waals surface area contributed by atoms with Crippen LogP contribution in [0.25, 0.3) is 11.0 Å². The highest BCUT2D eigenvalue weighted by atomic mass is 19.4. The van der Waals surface area contributed by atoms with E-state index in [1.54, 1.807) is 30.2 Å². The average Bonchev–Trinajstić information content (AvgIpc) is 3.13.